The molecular weight excluding hydrogens is 403 g/mol. The summed E-state index contributed by atoms with van der Waals surface area (Å²) in [5.74, 6) is 0. The predicted molar refractivity (Wildman–Crippen MR) is 112 cm³/mol. The Morgan fingerprint density at radius 3 is 2.44 bits per heavy atom. The maximum absolute atomic E-state index is 12.8. The van der Waals surface area contributed by atoms with E-state index in [1.165, 1.54) is 6.07 Å². The van der Waals surface area contributed by atoms with E-state index >= 15 is 0 Å². The van der Waals surface area contributed by atoms with Gasteiger partial charge in [-0.3, -0.25) is 4.72 Å². The van der Waals surface area contributed by atoms with Crippen LogP contribution in [0.4, 0.5) is 5.69 Å². The van der Waals surface area contributed by atoms with Gasteiger partial charge in [-0.2, -0.15) is 0 Å². The number of aryl methyl sites for hydroxylation is 1. The average molecular weight is 419 g/mol. The molecule has 0 amide bonds. The molecule has 0 aliphatic heterocycles. The second kappa shape index (κ2) is 6.75. The van der Waals surface area contributed by atoms with Crippen molar-refractivity contribution in [3.05, 3.63) is 70.7 Å². The molecule has 1 aromatic heterocycles. The lowest BCUT2D eigenvalue weighted by Gasteiger charge is -2.11. The molecule has 0 atom stereocenters. The van der Waals surface area contributed by atoms with Crippen LogP contribution >= 0.6 is 23.2 Å². The average Bonchev–Trinajstić information content (AvgIpc) is 2.96. The first-order valence-corrected chi connectivity index (χ1v) is 10.6. The van der Waals surface area contributed by atoms with Crippen molar-refractivity contribution in [2.75, 3.05) is 4.72 Å². The minimum absolute atomic E-state index is 0.00957. The molecular formula is C20H16Cl2N2O2S. The van der Waals surface area contributed by atoms with Gasteiger partial charge in [-0.25, -0.2) is 8.42 Å². The molecule has 4 rings (SSSR count). The van der Waals surface area contributed by atoms with Gasteiger partial charge >= 0.3 is 0 Å². The van der Waals surface area contributed by atoms with Crippen LogP contribution in [0, 0.1) is 0 Å². The van der Waals surface area contributed by atoms with E-state index in [9.17, 15) is 8.42 Å². The van der Waals surface area contributed by atoms with E-state index in [0.29, 0.717) is 5.69 Å². The number of fused-ring (bicyclic) bond motifs is 3. The molecule has 0 radical (unpaired) electrons. The van der Waals surface area contributed by atoms with Crippen LogP contribution in [-0.4, -0.2) is 13.0 Å². The van der Waals surface area contributed by atoms with Crippen LogP contribution in [0.1, 0.15) is 6.92 Å². The molecule has 4 aromatic rings. The van der Waals surface area contributed by atoms with E-state index in [1.807, 2.05) is 30.3 Å². The smallest absolute Gasteiger partial charge is 0.263 e. The van der Waals surface area contributed by atoms with Gasteiger partial charge in [-0.15, -0.1) is 0 Å². The summed E-state index contributed by atoms with van der Waals surface area (Å²) >= 11 is 12.0. The Bertz CT molecular complexity index is 1280. The first-order valence-electron chi connectivity index (χ1n) is 8.40. The fourth-order valence-electron chi connectivity index (χ4n) is 3.36. The quantitative estimate of drug-likeness (QED) is 0.446. The number of rotatable bonds is 4. The lowest BCUT2D eigenvalue weighted by Crippen LogP contribution is -2.13. The minimum atomic E-state index is -3.86. The number of anilines is 1. The highest BCUT2D eigenvalue weighted by atomic mass is 35.5. The van der Waals surface area contributed by atoms with Gasteiger partial charge in [0.2, 0.25) is 0 Å². The summed E-state index contributed by atoms with van der Waals surface area (Å²) in [6, 6.07) is 18.1. The van der Waals surface area contributed by atoms with Crippen LogP contribution in [0.15, 0.2) is 65.6 Å². The molecule has 1 N–H and O–H groups in total. The highest BCUT2D eigenvalue weighted by molar-refractivity contribution is 7.92. The summed E-state index contributed by atoms with van der Waals surface area (Å²) in [7, 11) is -3.86. The highest BCUT2D eigenvalue weighted by Gasteiger charge is 2.20. The Morgan fingerprint density at radius 1 is 0.926 bits per heavy atom. The second-order valence-electron chi connectivity index (χ2n) is 6.15. The van der Waals surface area contributed by atoms with Gasteiger partial charge in [0.1, 0.15) is 4.90 Å². The van der Waals surface area contributed by atoms with E-state index in [2.05, 4.69) is 22.3 Å². The molecule has 3 aromatic carbocycles. The molecule has 0 fully saturated rings. The molecule has 0 unspecified atom stereocenters. The van der Waals surface area contributed by atoms with Crippen molar-refractivity contribution in [3.8, 4) is 0 Å². The van der Waals surface area contributed by atoms with E-state index in [1.54, 1.807) is 18.2 Å². The van der Waals surface area contributed by atoms with E-state index in [0.717, 1.165) is 28.4 Å². The van der Waals surface area contributed by atoms with Gasteiger partial charge in [0, 0.05) is 34.0 Å². The number of halogens is 2. The Hall–Kier alpha value is -2.21. The van der Waals surface area contributed by atoms with Crippen molar-refractivity contribution in [3.63, 3.8) is 0 Å². The molecule has 0 aliphatic rings. The summed E-state index contributed by atoms with van der Waals surface area (Å²) in [6.45, 7) is 2.91. The molecule has 1 heterocycles. The van der Waals surface area contributed by atoms with Gasteiger partial charge < -0.3 is 4.57 Å². The van der Waals surface area contributed by atoms with Crippen LogP contribution < -0.4 is 4.72 Å². The minimum Gasteiger partial charge on any atom is -0.341 e. The van der Waals surface area contributed by atoms with Crippen LogP contribution in [0.3, 0.4) is 0 Å². The molecule has 0 aliphatic carbocycles. The second-order valence-corrected chi connectivity index (χ2v) is 8.59. The number of hydrogen-bond donors (Lipinski definition) is 1. The topological polar surface area (TPSA) is 51.1 Å². The van der Waals surface area contributed by atoms with Crippen LogP contribution in [0.25, 0.3) is 21.8 Å². The molecule has 0 saturated carbocycles. The molecule has 7 heteroatoms. The highest BCUT2D eigenvalue weighted by Crippen LogP contribution is 2.33. The van der Waals surface area contributed by atoms with Crippen molar-refractivity contribution >= 4 is 60.7 Å². The zero-order chi connectivity index (χ0) is 19.2. The van der Waals surface area contributed by atoms with Crippen molar-refractivity contribution in [2.24, 2.45) is 0 Å². The largest absolute Gasteiger partial charge is 0.341 e. The zero-order valence-corrected chi connectivity index (χ0v) is 16.7. The fourth-order valence-corrected chi connectivity index (χ4v) is 5.17. The maximum Gasteiger partial charge on any atom is 0.263 e. The van der Waals surface area contributed by atoms with Crippen molar-refractivity contribution in [2.45, 2.75) is 18.4 Å². The number of nitrogens with one attached hydrogen (secondary N) is 1. The number of benzene rings is 3. The number of nitrogens with zero attached hydrogens (tertiary/aromatic N) is 1. The lowest BCUT2D eigenvalue weighted by molar-refractivity contribution is 0.601. The molecule has 4 nitrogen and oxygen atoms in total. The fraction of sp³-hybridized carbons (Fsp3) is 0.100. The maximum atomic E-state index is 12.8. The summed E-state index contributed by atoms with van der Waals surface area (Å²) < 4.78 is 30.4. The van der Waals surface area contributed by atoms with Gasteiger partial charge in [0.25, 0.3) is 10.0 Å². The van der Waals surface area contributed by atoms with E-state index < -0.39 is 10.0 Å². The van der Waals surface area contributed by atoms with Gasteiger partial charge in [-0.05, 0) is 43.3 Å². The third kappa shape index (κ3) is 3.06. The summed E-state index contributed by atoms with van der Waals surface area (Å²) in [5, 5.41) is 2.28. The van der Waals surface area contributed by atoms with Crippen molar-refractivity contribution in [1.82, 2.24) is 4.57 Å². The normalized spacial score (nSPS) is 12.0. The van der Waals surface area contributed by atoms with Crippen molar-refractivity contribution < 1.29 is 8.42 Å². The summed E-state index contributed by atoms with van der Waals surface area (Å²) in [4.78, 5) is -0.0484. The predicted octanol–water partition coefficient (Wildman–Crippen LogP) is 5.92. The lowest BCUT2D eigenvalue weighted by atomic mass is 10.1. The molecule has 0 saturated heterocycles. The number of sulfonamides is 1. The first-order chi connectivity index (χ1) is 12.9. The van der Waals surface area contributed by atoms with Crippen LogP contribution in [-0.2, 0) is 16.6 Å². The standard InChI is InChI=1S/C20H16Cl2N2O2S/c1-2-24-17-8-4-3-6-14(17)15-12-13(10-11-18(15)24)23-27(25,26)19-9-5-7-16(21)20(19)22/h3-12,23H,2H2,1H3. The Kier molecular flexibility index (Phi) is 4.54. The van der Waals surface area contributed by atoms with Gasteiger partial charge in [0.05, 0.1) is 10.0 Å². The monoisotopic (exact) mass is 418 g/mol. The molecule has 138 valence electrons. The van der Waals surface area contributed by atoms with Crippen molar-refractivity contribution in [1.29, 1.82) is 0 Å². The van der Waals surface area contributed by atoms with Crippen LogP contribution in [0.5, 0.6) is 0 Å². The third-order valence-corrected chi connectivity index (χ3v) is 6.90. The molecule has 0 spiro atoms. The molecule has 0 bridgehead atoms. The SMILES string of the molecule is CCn1c2ccccc2c2cc(NS(=O)(=O)c3cccc(Cl)c3Cl)ccc21. The van der Waals surface area contributed by atoms with Crippen LogP contribution in [0.2, 0.25) is 10.0 Å². The summed E-state index contributed by atoms with van der Waals surface area (Å²) in [5.41, 5.74) is 2.65. The summed E-state index contributed by atoms with van der Waals surface area (Å²) in [6.07, 6.45) is 0. The Balaban J connectivity index is 1.83. The van der Waals surface area contributed by atoms with Gasteiger partial charge in [0.15, 0.2) is 0 Å². The van der Waals surface area contributed by atoms with E-state index in [4.69, 9.17) is 23.2 Å². The Morgan fingerprint density at radius 2 is 1.67 bits per heavy atom. The van der Waals surface area contributed by atoms with Gasteiger partial charge in [-0.1, -0.05) is 47.5 Å². The molecule has 27 heavy (non-hydrogen) atoms. The first kappa shape index (κ1) is 18.2. The number of para-hydroxylation sites is 1. The Labute approximate surface area is 167 Å². The zero-order valence-electron chi connectivity index (χ0n) is 14.4. The third-order valence-electron chi connectivity index (χ3n) is 4.55. The number of hydrogen-bond acceptors (Lipinski definition) is 2. The van der Waals surface area contributed by atoms with E-state index in [-0.39, 0.29) is 14.9 Å². The number of aromatic nitrogens is 1.